The normalized spacial score (nSPS) is 21.8. The number of piperidine rings is 1. The van der Waals surface area contributed by atoms with Crippen molar-refractivity contribution >= 4 is 0 Å². The van der Waals surface area contributed by atoms with Crippen molar-refractivity contribution in [2.75, 3.05) is 13.1 Å². The van der Waals surface area contributed by atoms with Crippen LogP contribution in [-0.4, -0.2) is 43.5 Å². The van der Waals surface area contributed by atoms with Crippen molar-refractivity contribution in [1.29, 1.82) is 0 Å². The third-order valence-electron chi connectivity index (χ3n) is 3.10. The maximum absolute atomic E-state index is 9.81. The van der Waals surface area contributed by atoms with Gasteiger partial charge in [-0.1, -0.05) is 0 Å². The van der Waals surface area contributed by atoms with E-state index in [0.29, 0.717) is 0 Å². The van der Waals surface area contributed by atoms with Crippen molar-refractivity contribution in [2.45, 2.75) is 31.9 Å². The van der Waals surface area contributed by atoms with Gasteiger partial charge in [-0.25, -0.2) is 4.98 Å². The molecule has 0 unspecified atom stereocenters. The summed E-state index contributed by atoms with van der Waals surface area (Å²) < 4.78 is 1.80. The molecule has 0 amide bonds. The monoisotopic (exact) mass is 210 g/mol. The molecule has 84 valence electrons. The highest BCUT2D eigenvalue weighted by molar-refractivity contribution is 4.87. The molecule has 1 fully saturated rings. The summed E-state index contributed by atoms with van der Waals surface area (Å²) in [6, 6.07) is 0. The van der Waals surface area contributed by atoms with Crippen LogP contribution >= 0.6 is 0 Å². The van der Waals surface area contributed by atoms with Gasteiger partial charge in [-0.15, -0.1) is 0 Å². The first kappa shape index (κ1) is 10.6. The van der Waals surface area contributed by atoms with E-state index >= 15 is 0 Å². The van der Waals surface area contributed by atoms with Gasteiger partial charge in [0.2, 0.25) is 0 Å². The number of likely N-dealkylation sites (tertiary alicyclic amines) is 1. The Labute approximate surface area is 89.7 Å². The molecule has 1 aromatic rings. The minimum atomic E-state index is -0.476. The van der Waals surface area contributed by atoms with Gasteiger partial charge in [0, 0.05) is 20.1 Å². The fourth-order valence-electron chi connectivity index (χ4n) is 1.86. The molecule has 15 heavy (non-hydrogen) atoms. The van der Waals surface area contributed by atoms with Crippen LogP contribution < -0.4 is 0 Å². The van der Waals surface area contributed by atoms with E-state index in [-0.39, 0.29) is 0 Å². The summed E-state index contributed by atoms with van der Waals surface area (Å²) in [5.74, 6) is 0.983. The number of nitrogens with zero attached hydrogens (tertiary/aromatic N) is 4. The second-order valence-corrected chi connectivity index (χ2v) is 4.57. The Morgan fingerprint density at radius 1 is 1.47 bits per heavy atom. The fraction of sp³-hybridized carbons (Fsp3) is 0.800. The molecule has 0 radical (unpaired) electrons. The number of aromatic nitrogens is 3. The summed E-state index contributed by atoms with van der Waals surface area (Å²) in [7, 11) is 1.91. The molecule has 1 N–H and O–H groups in total. The maximum atomic E-state index is 9.81. The van der Waals surface area contributed by atoms with Crippen molar-refractivity contribution in [3.05, 3.63) is 12.2 Å². The van der Waals surface area contributed by atoms with Gasteiger partial charge in [-0.05, 0) is 19.8 Å². The molecule has 1 aliphatic heterocycles. The predicted molar refractivity (Wildman–Crippen MR) is 56.1 cm³/mol. The van der Waals surface area contributed by atoms with E-state index in [2.05, 4.69) is 15.0 Å². The highest BCUT2D eigenvalue weighted by Crippen LogP contribution is 2.21. The lowest BCUT2D eigenvalue weighted by atomic mass is 9.94. The Kier molecular flexibility index (Phi) is 2.75. The molecule has 5 heteroatoms. The molecule has 2 rings (SSSR count). The number of aryl methyl sites for hydroxylation is 1. The van der Waals surface area contributed by atoms with Crippen LogP contribution in [0.15, 0.2) is 6.33 Å². The van der Waals surface area contributed by atoms with Crippen LogP contribution in [0.5, 0.6) is 0 Å². The summed E-state index contributed by atoms with van der Waals surface area (Å²) in [6.07, 6.45) is 3.26. The highest BCUT2D eigenvalue weighted by atomic mass is 16.3. The highest BCUT2D eigenvalue weighted by Gasteiger charge is 2.27. The molecular weight excluding hydrogens is 192 g/mol. The second-order valence-electron chi connectivity index (χ2n) is 4.57. The molecule has 0 saturated carbocycles. The van der Waals surface area contributed by atoms with Crippen LogP contribution in [0, 0.1) is 0 Å². The first-order valence-electron chi connectivity index (χ1n) is 5.34. The van der Waals surface area contributed by atoms with Gasteiger partial charge in [-0.3, -0.25) is 9.58 Å². The average Bonchev–Trinajstić information content (AvgIpc) is 2.56. The minimum Gasteiger partial charge on any atom is -0.390 e. The van der Waals surface area contributed by atoms with Crippen LogP contribution in [0.3, 0.4) is 0 Å². The fourth-order valence-corrected chi connectivity index (χ4v) is 1.86. The van der Waals surface area contributed by atoms with Gasteiger partial charge >= 0.3 is 0 Å². The van der Waals surface area contributed by atoms with Crippen LogP contribution in [0.4, 0.5) is 0 Å². The molecule has 0 bridgehead atoms. The number of hydrogen-bond donors (Lipinski definition) is 1. The largest absolute Gasteiger partial charge is 0.390 e. The van der Waals surface area contributed by atoms with Crippen molar-refractivity contribution in [3.8, 4) is 0 Å². The van der Waals surface area contributed by atoms with E-state index in [0.717, 1.165) is 38.3 Å². The molecule has 1 aliphatic rings. The van der Waals surface area contributed by atoms with E-state index in [9.17, 15) is 5.11 Å². The number of hydrogen-bond acceptors (Lipinski definition) is 4. The van der Waals surface area contributed by atoms with Gasteiger partial charge in [-0.2, -0.15) is 5.10 Å². The summed E-state index contributed by atoms with van der Waals surface area (Å²) in [5, 5.41) is 13.9. The summed E-state index contributed by atoms with van der Waals surface area (Å²) in [6.45, 7) is 4.60. The lowest BCUT2D eigenvalue weighted by Gasteiger charge is -2.35. The molecule has 0 aromatic carbocycles. The Bertz CT molecular complexity index is 324. The van der Waals surface area contributed by atoms with Gasteiger partial charge < -0.3 is 5.11 Å². The van der Waals surface area contributed by atoms with Crippen molar-refractivity contribution in [3.63, 3.8) is 0 Å². The third-order valence-corrected chi connectivity index (χ3v) is 3.10. The smallest absolute Gasteiger partial charge is 0.140 e. The molecular formula is C10H18N4O. The predicted octanol–water partition coefficient (Wildman–Crippen LogP) is 0.162. The molecule has 2 heterocycles. The van der Waals surface area contributed by atoms with E-state index in [1.54, 1.807) is 11.0 Å². The van der Waals surface area contributed by atoms with E-state index in [4.69, 9.17) is 0 Å². The Morgan fingerprint density at radius 2 is 2.13 bits per heavy atom. The molecule has 1 saturated heterocycles. The Balaban J connectivity index is 1.90. The van der Waals surface area contributed by atoms with Gasteiger partial charge in [0.25, 0.3) is 0 Å². The van der Waals surface area contributed by atoms with Crippen LogP contribution in [0.2, 0.25) is 0 Å². The number of rotatable bonds is 2. The summed E-state index contributed by atoms with van der Waals surface area (Å²) >= 11 is 0. The van der Waals surface area contributed by atoms with Gasteiger partial charge in [0.1, 0.15) is 12.2 Å². The van der Waals surface area contributed by atoms with Crippen molar-refractivity contribution in [1.82, 2.24) is 19.7 Å². The lowest BCUT2D eigenvalue weighted by molar-refractivity contribution is -0.00808. The van der Waals surface area contributed by atoms with Crippen LogP contribution in [-0.2, 0) is 13.6 Å². The zero-order chi connectivity index (χ0) is 10.9. The summed E-state index contributed by atoms with van der Waals surface area (Å²) in [4.78, 5) is 6.50. The Morgan fingerprint density at radius 3 is 2.67 bits per heavy atom. The van der Waals surface area contributed by atoms with Gasteiger partial charge in [0.15, 0.2) is 0 Å². The van der Waals surface area contributed by atoms with Crippen LogP contribution in [0.1, 0.15) is 25.6 Å². The van der Waals surface area contributed by atoms with Crippen molar-refractivity contribution in [2.24, 2.45) is 7.05 Å². The lowest BCUT2D eigenvalue weighted by Crippen LogP contribution is -2.42. The Hall–Kier alpha value is -0.940. The second kappa shape index (κ2) is 3.90. The molecule has 0 aliphatic carbocycles. The molecule has 1 aromatic heterocycles. The molecule has 0 atom stereocenters. The van der Waals surface area contributed by atoms with Crippen molar-refractivity contribution < 1.29 is 5.11 Å². The molecule has 5 nitrogen and oxygen atoms in total. The standard InChI is InChI=1S/C10H18N4O/c1-10(15)3-5-14(6-4-10)7-9-11-8-12-13(9)2/h8,15H,3-7H2,1-2H3. The quantitative estimate of drug-likeness (QED) is 0.755. The minimum absolute atomic E-state index is 0.476. The third kappa shape index (κ3) is 2.54. The van der Waals surface area contributed by atoms with E-state index in [1.165, 1.54) is 0 Å². The maximum Gasteiger partial charge on any atom is 0.140 e. The van der Waals surface area contributed by atoms with Crippen LogP contribution in [0.25, 0.3) is 0 Å². The topological polar surface area (TPSA) is 54.2 Å². The SMILES string of the molecule is Cn1ncnc1CN1CCC(C)(O)CC1. The zero-order valence-electron chi connectivity index (χ0n) is 9.35. The first-order chi connectivity index (χ1) is 7.07. The number of aliphatic hydroxyl groups is 1. The first-order valence-corrected chi connectivity index (χ1v) is 5.34. The van der Waals surface area contributed by atoms with E-state index in [1.807, 2.05) is 14.0 Å². The summed E-state index contributed by atoms with van der Waals surface area (Å²) in [5.41, 5.74) is -0.476. The average molecular weight is 210 g/mol. The molecule has 0 spiro atoms. The zero-order valence-corrected chi connectivity index (χ0v) is 9.35. The van der Waals surface area contributed by atoms with Gasteiger partial charge in [0.05, 0.1) is 12.1 Å². The van der Waals surface area contributed by atoms with E-state index < -0.39 is 5.60 Å².